The molecule has 5 nitrogen and oxygen atoms in total. The van der Waals surface area contributed by atoms with Crippen LogP contribution in [-0.2, 0) is 10.1 Å². The topological polar surface area (TPSA) is 83.5 Å². The molecule has 4 aromatic rings. The van der Waals surface area contributed by atoms with Crippen molar-refractivity contribution >= 4 is 37.6 Å². The lowest BCUT2D eigenvalue weighted by molar-refractivity contribution is 0.0735. The van der Waals surface area contributed by atoms with E-state index in [0.717, 1.165) is 42.4 Å². The summed E-state index contributed by atoms with van der Waals surface area (Å²) in [5.41, 5.74) is 4.47. The van der Waals surface area contributed by atoms with E-state index in [4.69, 9.17) is 4.74 Å². The first-order valence-corrected chi connectivity index (χ1v) is 18.6. The second-order valence-electron chi connectivity index (χ2n) is 13.7. The van der Waals surface area contributed by atoms with Crippen LogP contribution in [0.3, 0.4) is 0 Å². The Bertz CT molecular complexity index is 1730. The minimum Gasteiger partial charge on any atom is -0.744 e. The fraction of sp³-hybridized carbons (Fsp3) is 0.462. The average molecular weight is 624 g/mol. The molecule has 6 heteroatoms. The molecule has 236 valence electrons. The molecule has 3 aliphatic carbocycles. The second kappa shape index (κ2) is 12.9. The molecular weight excluding hydrogens is 580 g/mol. The van der Waals surface area contributed by atoms with Gasteiger partial charge in [0.15, 0.2) is 0 Å². The molecule has 0 aromatic heterocycles. The van der Waals surface area contributed by atoms with Gasteiger partial charge in [0.25, 0.3) is 0 Å². The molecular formula is C39H43O5S-. The second-order valence-corrected chi connectivity index (χ2v) is 15.0. The van der Waals surface area contributed by atoms with Gasteiger partial charge < -0.3 is 9.29 Å². The van der Waals surface area contributed by atoms with E-state index < -0.39 is 10.1 Å². The van der Waals surface area contributed by atoms with Crippen LogP contribution in [0.2, 0.25) is 0 Å². The average Bonchev–Trinajstić information content (AvgIpc) is 3.08. The minimum absolute atomic E-state index is 0.267. The fourth-order valence-electron chi connectivity index (χ4n) is 8.66. The van der Waals surface area contributed by atoms with Crippen molar-refractivity contribution in [3.8, 4) is 5.75 Å². The van der Waals surface area contributed by atoms with Crippen LogP contribution in [0.1, 0.15) is 141 Å². The highest BCUT2D eigenvalue weighted by Gasteiger charge is 2.32. The highest BCUT2D eigenvalue weighted by atomic mass is 32.2. The molecule has 0 N–H and O–H groups in total. The molecule has 0 atom stereocenters. The molecule has 7 rings (SSSR count). The zero-order chi connectivity index (χ0) is 31.0. The quantitative estimate of drug-likeness (QED) is 0.0923. The number of benzene rings is 4. The summed E-state index contributed by atoms with van der Waals surface area (Å²) in [5.74, 6) is 1.16. The Hall–Kier alpha value is -3.22. The molecule has 0 spiro atoms. The highest BCUT2D eigenvalue weighted by Crippen LogP contribution is 2.46. The third kappa shape index (κ3) is 6.04. The van der Waals surface area contributed by atoms with Crippen molar-refractivity contribution in [1.29, 1.82) is 0 Å². The van der Waals surface area contributed by atoms with Gasteiger partial charge in [-0.2, -0.15) is 0 Å². The Kier molecular flexibility index (Phi) is 8.71. The van der Waals surface area contributed by atoms with E-state index in [1.807, 2.05) is 0 Å². The number of rotatable bonds is 6. The van der Waals surface area contributed by atoms with Crippen molar-refractivity contribution in [2.24, 2.45) is 0 Å². The van der Waals surface area contributed by atoms with E-state index in [0.29, 0.717) is 34.3 Å². The maximum absolute atomic E-state index is 14.8. The maximum atomic E-state index is 14.8. The lowest BCUT2D eigenvalue weighted by Gasteiger charge is -2.32. The van der Waals surface area contributed by atoms with Crippen LogP contribution in [-0.4, -0.2) is 18.9 Å². The van der Waals surface area contributed by atoms with E-state index in [9.17, 15) is 17.8 Å². The van der Waals surface area contributed by atoms with Crippen molar-refractivity contribution in [3.05, 3.63) is 82.9 Å². The Morgan fingerprint density at radius 2 is 1.00 bits per heavy atom. The molecule has 45 heavy (non-hydrogen) atoms. The molecule has 0 saturated heterocycles. The maximum Gasteiger partial charge on any atom is 0.344 e. The number of carbonyl (C=O) groups excluding carboxylic acids is 1. The number of fused-ring (bicyclic) bond motifs is 2. The summed E-state index contributed by atoms with van der Waals surface area (Å²) in [6.07, 6.45) is 17.8. The van der Waals surface area contributed by atoms with Gasteiger partial charge >= 0.3 is 5.97 Å². The Morgan fingerprint density at radius 1 is 0.600 bits per heavy atom. The standard InChI is InChI=1S/C39H44O5S/c40-39(44-37-30-20-10-12-22-32(30)38(45(41,42)43)33-23-13-11-21-31(33)37)36-34(27-16-6-2-7-17-27)24-29(26-14-4-1-5-15-26)25-35(36)28-18-8-3-9-19-28/h10-13,20-28H,1-9,14-19H2,(H,41,42,43)/p-1. The Labute approximate surface area is 267 Å². The normalized spacial score (nSPS) is 19.2. The van der Waals surface area contributed by atoms with E-state index >= 15 is 0 Å². The van der Waals surface area contributed by atoms with Crippen LogP contribution in [0, 0.1) is 0 Å². The van der Waals surface area contributed by atoms with Crippen molar-refractivity contribution in [3.63, 3.8) is 0 Å². The summed E-state index contributed by atoms with van der Waals surface area (Å²) in [5, 5.41) is 1.47. The van der Waals surface area contributed by atoms with Crippen LogP contribution < -0.4 is 4.74 Å². The van der Waals surface area contributed by atoms with E-state index in [1.165, 1.54) is 76.2 Å². The summed E-state index contributed by atoms with van der Waals surface area (Å²) >= 11 is 0. The summed E-state index contributed by atoms with van der Waals surface area (Å²) in [6, 6.07) is 18.5. The van der Waals surface area contributed by atoms with Gasteiger partial charge in [0.1, 0.15) is 15.9 Å². The molecule has 0 heterocycles. The summed E-state index contributed by atoms with van der Waals surface area (Å²) < 4.78 is 44.2. The molecule has 0 bridgehead atoms. The van der Waals surface area contributed by atoms with Crippen molar-refractivity contribution < 1.29 is 22.5 Å². The third-order valence-electron chi connectivity index (χ3n) is 10.9. The summed E-state index contributed by atoms with van der Waals surface area (Å²) in [4.78, 5) is 14.5. The van der Waals surface area contributed by atoms with Crippen LogP contribution in [0.4, 0.5) is 0 Å². The van der Waals surface area contributed by atoms with Crippen molar-refractivity contribution in [1.82, 2.24) is 0 Å². The predicted octanol–water partition coefficient (Wildman–Crippen LogP) is 10.3. The van der Waals surface area contributed by atoms with Gasteiger partial charge in [-0.15, -0.1) is 0 Å². The van der Waals surface area contributed by atoms with Crippen molar-refractivity contribution in [2.45, 2.75) is 119 Å². The Balaban J connectivity index is 1.42. The SMILES string of the molecule is O=C(Oc1c2ccccc2c(S(=O)(=O)[O-])c2ccccc12)c1c(C2CCCCC2)cc(C2CCCCC2)cc1C1CCCCC1. The van der Waals surface area contributed by atoms with Gasteiger partial charge in [-0.25, -0.2) is 13.2 Å². The summed E-state index contributed by atoms with van der Waals surface area (Å²) in [7, 11) is -4.80. The number of esters is 1. The zero-order valence-corrected chi connectivity index (χ0v) is 26.9. The van der Waals surface area contributed by atoms with Gasteiger partial charge in [0, 0.05) is 21.5 Å². The van der Waals surface area contributed by atoms with Gasteiger partial charge in [0.2, 0.25) is 0 Å². The van der Waals surface area contributed by atoms with E-state index in [-0.39, 0.29) is 21.6 Å². The number of hydrogen-bond acceptors (Lipinski definition) is 5. The molecule has 0 amide bonds. The van der Waals surface area contributed by atoms with Crippen LogP contribution in [0.5, 0.6) is 5.75 Å². The van der Waals surface area contributed by atoms with E-state index in [1.54, 1.807) is 48.5 Å². The molecule has 0 aliphatic heterocycles. The largest absolute Gasteiger partial charge is 0.744 e. The monoisotopic (exact) mass is 623 g/mol. The molecule has 3 fully saturated rings. The van der Waals surface area contributed by atoms with Gasteiger partial charge in [-0.1, -0.05) is 118 Å². The number of hydrogen-bond donors (Lipinski definition) is 0. The minimum atomic E-state index is -4.80. The lowest BCUT2D eigenvalue weighted by Crippen LogP contribution is -2.21. The molecule has 0 radical (unpaired) electrons. The van der Waals surface area contributed by atoms with Crippen LogP contribution in [0.15, 0.2) is 65.6 Å². The molecule has 0 unspecified atom stereocenters. The van der Waals surface area contributed by atoms with E-state index in [2.05, 4.69) is 12.1 Å². The zero-order valence-electron chi connectivity index (χ0n) is 26.1. The number of carbonyl (C=O) groups is 1. The molecule has 3 saturated carbocycles. The first-order chi connectivity index (χ1) is 21.9. The third-order valence-corrected chi connectivity index (χ3v) is 11.8. The Morgan fingerprint density at radius 3 is 1.42 bits per heavy atom. The predicted molar refractivity (Wildman–Crippen MR) is 178 cm³/mol. The van der Waals surface area contributed by atoms with Crippen molar-refractivity contribution in [2.75, 3.05) is 0 Å². The molecule has 3 aliphatic rings. The first kappa shape index (κ1) is 30.4. The van der Waals surface area contributed by atoms with Gasteiger partial charge in [0.05, 0.1) is 10.5 Å². The summed E-state index contributed by atoms with van der Waals surface area (Å²) in [6.45, 7) is 0. The highest BCUT2D eigenvalue weighted by molar-refractivity contribution is 7.86. The lowest BCUT2D eigenvalue weighted by atomic mass is 9.73. The van der Waals surface area contributed by atoms with Crippen LogP contribution >= 0.6 is 0 Å². The van der Waals surface area contributed by atoms with Crippen LogP contribution in [0.25, 0.3) is 21.5 Å². The molecule has 4 aromatic carbocycles. The fourth-order valence-corrected chi connectivity index (χ4v) is 9.56. The smallest absolute Gasteiger partial charge is 0.344 e. The van der Waals surface area contributed by atoms with Gasteiger partial charge in [-0.3, -0.25) is 0 Å². The van der Waals surface area contributed by atoms with Gasteiger partial charge in [-0.05, 0) is 73.0 Å². The first-order valence-electron chi connectivity index (χ1n) is 17.2. The number of ether oxygens (including phenoxy) is 1.